The van der Waals surface area contributed by atoms with E-state index in [1.165, 1.54) is 0 Å². The van der Waals surface area contributed by atoms with Gasteiger partial charge in [-0.3, -0.25) is 9.69 Å². The number of likely N-dealkylation sites (tertiary alicyclic amines) is 2. The van der Waals surface area contributed by atoms with Gasteiger partial charge in [0, 0.05) is 31.6 Å². The lowest BCUT2D eigenvalue weighted by atomic mass is 9.77. The Morgan fingerprint density at radius 2 is 2.13 bits per heavy atom. The molecule has 2 bridgehead atoms. The first-order valence-corrected chi connectivity index (χ1v) is 9.04. The van der Waals surface area contributed by atoms with E-state index < -0.39 is 0 Å². The number of carbonyl (C=O) groups excluding carboxylic acids is 2. The van der Waals surface area contributed by atoms with E-state index in [0.717, 1.165) is 51.9 Å². The van der Waals surface area contributed by atoms with Crippen molar-refractivity contribution >= 4 is 12.0 Å². The number of hydrogen-bond acceptors (Lipinski definition) is 4. The van der Waals surface area contributed by atoms with E-state index >= 15 is 0 Å². The normalized spacial score (nSPS) is 35.8. The standard InChI is InChI=1S/C17H27N3O3/c1-2-23-16(22)20-10-12-7-13(20)8-14(12)19-5-3-17(4-6-19)9-15(21)18-11-17/h12-14H,2-11H2,1H3,(H,18,21). The highest BCUT2D eigenvalue weighted by molar-refractivity contribution is 5.79. The van der Waals surface area contributed by atoms with Gasteiger partial charge in [0.05, 0.1) is 6.61 Å². The van der Waals surface area contributed by atoms with Crippen molar-refractivity contribution in [3.63, 3.8) is 0 Å². The fourth-order valence-electron chi connectivity index (χ4n) is 5.24. The molecule has 2 amide bonds. The number of fused-ring (bicyclic) bond motifs is 2. The third kappa shape index (κ3) is 2.61. The summed E-state index contributed by atoms with van der Waals surface area (Å²) < 4.78 is 5.17. The molecule has 1 aliphatic carbocycles. The highest BCUT2D eigenvalue weighted by atomic mass is 16.6. The number of piperidine rings is 2. The molecule has 1 spiro atoms. The van der Waals surface area contributed by atoms with Gasteiger partial charge in [-0.25, -0.2) is 4.79 Å². The molecule has 3 heterocycles. The molecule has 6 nitrogen and oxygen atoms in total. The molecular formula is C17H27N3O3. The fraction of sp³-hybridized carbons (Fsp3) is 0.882. The van der Waals surface area contributed by atoms with Crippen molar-refractivity contribution in [1.82, 2.24) is 15.1 Å². The molecule has 4 aliphatic rings. The molecule has 3 saturated heterocycles. The van der Waals surface area contributed by atoms with Gasteiger partial charge in [-0.1, -0.05) is 0 Å². The Balaban J connectivity index is 1.32. The van der Waals surface area contributed by atoms with E-state index in [9.17, 15) is 9.59 Å². The van der Waals surface area contributed by atoms with Crippen LogP contribution in [0.3, 0.4) is 0 Å². The van der Waals surface area contributed by atoms with Gasteiger partial charge >= 0.3 is 6.09 Å². The molecule has 6 heteroatoms. The lowest BCUT2D eigenvalue weighted by Crippen LogP contribution is -2.51. The van der Waals surface area contributed by atoms with Crippen LogP contribution in [-0.2, 0) is 9.53 Å². The van der Waals surface area contributed by atoms with Crippen molar-refractivity contribution in [3.8, 4) is 0 Å². The highest BCUT2D eigenvalue weighted by Gasteiger charge is 2.50. The predicted octanol–water partition coefficient (Wildman–Crippen LogP) is 1.21. The lowest BCUT2D eigenvalue weighted by Gasteiger charge is -2.44. The van der Waals surface area contributed by atoms with Gasteiger partial charge in [-0.15, -0.1) is 0 Å². The summed E-state index contributed by atoms with van der Waals surface area (Å²) in [4.78, 5) is 28.1. The quantitative estimate of drug-likeness (QED) is 0.830. The Bertz CT molecular complexity index is 501. The molecule has 0 aromatic rings. The summed E-state index contributed by atoms with van der Waals surface area (Å²) in [5, 5.41) is 3.01. The van der Waals surface area contributed by atoms with E-state index in [0.29, 0.717) is 31.0 Å². The van der Waals surface area contributed by atoms with Gasteiger partial charge < -0.3 is 15.0 Å². The molecule has 4 rings (SSSR count). The van der Waals surface area contributed by atoms with Crippen molar-refractivity contribution in [2.24, 2.45) is 11.3 Å². The molecule has 3 aliphatic heterocycles. The van der Waals surface area contributed by atoms with Crippen molar-refractivity contribution in [3.05, 3.63) is 0 Å². The SMILES string of the molecule is CCOC(=O)N1CC2CC1CC2N1CCC2(CC1)CNC(=O)C2. The third-order valence-electron chi connectivity index (χ3n) is 6.53. The first-order valence-electron chi connectivity index (χ1n) is 9.04. The Kier molecular flexibility index (Phi) is 3.75. The van der Waals surface area contributed by atoms with E-state index in [1.54, 1.807) is 0 Å². The molecular weight excluding hydrogens is 294 g/mol. The van der Waals surface area contributed by atoms with Crippen LogP contribution in [0.15, 0.2) is 0 Å². The summed E-state index contributed by atoms with van der Waals surface area (Å²) in [6.07, 6.45) is 5.06. The van der Waals surface area contributed by atoms with Crippen LogP contribution in [-0.4, -0.2) is 66.7 Å². The predicted molar refractivity (Wildman–Crippen MR) is 84.9 cm³/mol. The number of nitrogens with zero attached hydrogens (tertiary/aromatic N) is 2. The van der Waals surface area contributed by atoms with Crippen LogP contribution in [0.4, 0.5) is 4.79 Å². The maximum atomic E-state index is 12.0. The third-order valence-corrected chi connectivity index (χ3v) is 6.53. The van der Waals surface area contributed by atoms with E-state index in [2.05, 4.69) is 10.2 Å². The van der Waals surface area contributed by atoms with Crippen LogP contribution in [0.2, 0.25) is 0 Å². The van der Waals surface area contributed by atoms with Gasteiger partial charge in [0.15, 0.2) is 0 Å². The van der Waals surface area contributed by atoms with Gasteiger partial charge in [0.25, 0.3) is 0 Å². The number of carbonyl (C=O) groups is 2. The topological polar surface area (TPSA) is 61.9 Å². The summed E-state index contributed by atoms with van der Waals surface area (Å²) in [6.45, 7) is 6.24. The molecule has 4 fully saturated rings. The van der Waals surface area contributed by atoms with Crippen molar-refractivity contribution in [1.29, 1.82) is 0 Å². The van der Waals surface area contributed by atoms with Crippen molar-refractivity contribution in [2.75, 3.05) is 32.8 Å². The second-order valence-corrected chi connectivity index (χ2v) is 7.79. The molecule has 0 aromatic carbocycles. The zero-order valence-electron chi connectivity index (χ0n) is 13.9. The number of amides is 2. The molecule has 1 N–H and O–H groups in total. The molecule has 1 saturated carbocycles. The maximum absolute atomic E-state index is 12.0. The zero-order valence-corrected chi connectivity index (χ0v) is 13.9. The highest BCUT2D eigenvalue weighted by Crippen LogP contribution is 2.44. The van der Waals surface area contributed by atoms with Crippen LogP contribution >= 0.6 is 0 Å². The molecule has 0 radical (unpaired) electrons. The maximum Gasteiger partial charge on any atom is 0.410 e. The Morgan fingerprint density at radius 1 is 1.35 bits per heavy atom. The molecule has 3 atom stereocenters. The Labute approximate surface area is 137 Å². The monoisotopic (exact) mass is 321 g/mol. The van der Waals surface area contributed by atoms with Crippen LogP contribution in [0.25, 0.3) is 0 Å². The lowest BCUT2D eigenvalue weighted by molar-refractivity contribution is -0.119. The summed E-state index contributed by atoms with van der Waals surface area (Å²) in [5.41, 5.74) is 0.224. The largest absolute Gasteiger partial charge is 0.450 e. The minimum atomic E-state index is -0.133. The molecule has 23 heavy (non-hydrogen) atoms. The van der Waals surface area contributed by atoms with E-state index in [4.69, 9.17) is 4.74 Å². The first-order chi connectivity index (χ1) is 11.1. The minimum absolute atomic E-state index is 0.133. The summed E-state index contributed by atoms with van der Waals surface area (Å²) in [6, 6.07) is 0.989. The van der Waals surface area contributed by atoms with Crippen molar-refractivity contribution in [2.45, 2.75) is 51.1 Å². The summed E-state index contributed by atoms with van der Waals surface area (Å²) in [7, 11) is 0. The van der Waals surface area contributed by atoms with Gasteiger partial charge in [0.1, 0.15) is 0 Å². The number of hydrogen-bond donors (Lipinski definition) is 1. The molecule has 0 aromatic heterocycles. The smallest absolute Gasteiger partial charge is 0.410 e. The number of rotatable bonds is 2. The fourth-order valence-corrected chi connectivity index (χ4v) is 5.24. The van der Waals surface area contributed by atoms with Gasteiger partial charge in [0.2, 0.25) is 5.91 Å². The first kappa shape index (κ1) is 15.2. The Morgan fingerprint density at radius 3 is 2.70 bits per heavy atom. The molecule has 128 valence electrons. The average molecular weight is 321 g/mol. The van der Waals surface area contributed by atoms with E-state index in [1.807, 2.05) is 11.8 Å². The summed E-state index contributed by atoms with van der Waals surface area (Å²) >= 11 is 0. The van der Waals surface area contributed by atoms with Crippen LogP contribution < -0.4 is 5.32 Å². The second kappa shape index (κ2) is 5.65. The van der Waals surface area contributed by atoms with Gasteiger partial charge in [-0.05, 0) is 57.0 Å². The number of nitrogens with one attached hydrogen (secondary N) is 1. The van der Waals surface area contributed by atoms with Crippen LogP contribution in [0, 0.1) is 11.3 Å². The number of ether oxygens (including phenoxy) is 1. The van der Waals surface area contributed by atoms with E-state index in [-0.39, 0.29) is 17.4 Å². The van der Waals surface area contributed by atoms with Crippen LogP contribution in [0.1, 0.15) is 39.0 Å². The molecule has 3 unspecified atom stereocenters. The zero-order chi connectivity index (χ0) is 16.0. The Hall–Kier alpha value is -1.30. The summed E-state index contributed by atoms with van der Waals surface area (Å²) in [5.74, 6) is 0.824. The van der Waals surface area contributed by atoms with Gasteiger partial charge in [-0.2, -0.15) is 0 Å². The second-order valence-electron chi connectivity index (χ2n) is 7.79. The average Bonchev–Trinajstić information content (AvgIpc) is 3.23. The minimum Gasteiger partial charge on any atom is -0.450 e. The van der Waals surface area contributed by atoms with Crippen LogP contribution in [0.5, 0.6) is 0 Å². The van der Waals surface area contributed by atoms with Crippen molar-refractivity contribution < 1.29 is 14.3 Å².